The van der Waals surface area contributed by atoms with E-state index in [4.69, 9.17) is 0 Å². The van der Waals surface area contributed by atoms with Gasteiger partial charge in [-0.3, -0.25) is 0 Å². The zero-order valence-corrected chi connectivity index (χ0v) is 28.5. The van der Waals surface area contributed by atoms with Crippen LogP contribution in [0.5, 0.6) is 0 Å². The molecule has 9 rings (SSSR count). The van der Waals surface area contributed by atoms with Gasteiger partial charge in [0.1, 0.15) is 0 Å². The lowest BCUT2D eigenvalue weighted by molar-refractivity contribution is -0.137. The van der Waals surface area contributed by atoms with Crippen LogP contribution in [0.15, 0.2) is 133 Å². The van der Waals surface area contributed by atoms with Crippen molar-refractivity contribution in [3.63, 3.8) is 0 Å². The van der Waals surface area contributed by atoms with Gasteiger partial charge in [-0.25, -0.2) is 0 Å². The van der Waals surface area contributed by atoms with Crippen LogP contribution in [-0.4, -0.2) is 13.1 Å². The normalized spacial score (nSPS) is 14.5. The molecule has 0 atom stereocenters. The molecule has 0 bridgehead atoms. The number of hydrogen-bond donors (Lipinski definition) is 0. The van der Waals surface area contributed by atoms with E-state index in [-0.39, 0.29) is 0 Å². The number of halogens is 3. The number of rotatable bonds is 4. The summed E-state index contributed by atoms with van der Waals surface area (Å²) in [6.07, 6.45) is -0.757. The Hall–Kier alpha value is -5.55. The summed E-state index contributed by atoms with van der Waals surface area (Å²) in [7, 11) is 0. The molecule has 0 radical (unpaired) electrons. The van der Waals surface area contributed by atoms with Crippen molar-refractivity contribution < 1.29 is 13.2 Å². The van der Waals surface area contributed by atoms with E-state index in [0.29, 0.717) is 6.42 Å². The fourth-order valence-electron chi connectivity index (χ4n) is 8.41. The van der Waals surface area contributed by atoms with E-state index in [0.717, 1.165) is 76.8 Å². The number of fused-ring (bicyclic) bond motifs is 4. The van der Waals surface area contributed by atoms with Gasteiger partial charge in [0.15, 0.2) is 0 Å². The molecule has 0 aliphatic carbocycles. The molecule has 0 fully saturated rings. The van der Waals surface area contributed by atoms with Crippen LogP contribution in [0.4, 0.5) is 35.9 Å². The van der Waals surface area contributed by atoms with Gasteiger partial charge in [-0.05, 0) is 136 Å². The highest BCUT2D eigenvalue weighted by atomic mass is 19.4. The van der Waals surface area contributed by atoms with Crippen LogP contribution < -0.4 is 9.80 Å². The molecule has 0 N–H and O–H groups in total. The monoisotopic (exact) mass is 674 g/mol. The van der Waals surface area contributed by atoms with E-state index in [9.17, 15) is 13.2 Å². The molecule has 0 unspecified atom stereocenters. The summed E-state index contributed by atoms with van der Waals surface area (Å²) < 4.78 is 41.0. The molecule has 2 nitrogen and oxygen atoms in total. The van der Waals surface area contributed by atoms with Crippen molar-refractivity contribution in [1.82, 2.24) is 0 Å². The fraction of sp³-hybridized carbons (Fsp3) is 0.174. The highest BCUT2D eigenvalue weighted by Gasteiger charge is 2.32. The average molecular weight is 675 g/mol. The van der Waals surface area contributed by atoms with Gasteiger partial charge in [-0.15, -0.1) is 0 Å². The van der Waals surface area contributed by atoms with Gasteiger partial charge in [-0.1, -0.05) is 90.5 Å². The van der Waals surface area contributed by atoms with Gasteiger partial charge in [0.2, 0.25) is 0 Å². The highest BCUT2D eigenvalue weighted by Crippen LogP contribution is 2.48. The van der Waals surface area contributed by atoms with Gasteiger partial charge >= 0.3 is 6.18 Å². The number of anilines is 4. The Balaban J connectivity index is 1.30. The first-order valence-electron chi connectivity index (χ1n) is 17.8. The fourth-order valence-corrected chi connectivity index (χ4v) is 8.41. The zero-order chi connectivity index (χ0) is 34.7. The predicted molar refractivity (Wildman–Crippen MR) is 206 cm³/mol. The van der Waals surface area contributed by atoms with Crippen LogP contribution in [0.2, 0.25) is 0 Å². The third-order valence-corrected chi connectivity index (χ3v) is 10.7. The van der Waals surface area contributed by atoms with Crippen LogP contribution in [0.1, 0.15) is 35.1 Å². The highest BCUT2D eigenvalue weighted by molar-refractivity contribution is 6.22. The van der Waals surface area contributed by atoms with Gasteiger partial charge in [0.05, 0.1) is 5.56 Å². The number of hydrogen-bond acceptors (Lipinski definition) is 2. The predicted octanol–water partition coefficient (Wildman–Crippen LogP) is 12.8. The second-order valence-electron chi connectivity index (χ2n) is 13.9. The van der Waals surface area contributed by atoms with Crippen molar-refractivity contribution in [3.8, 4) is 22.3 Å². The van der Waals surface area contributed by atoms with E-state index < -0.39 is 11.7 Å². The molecule has 51 heavy (non-hydrogen) atoms. The van der Waals surface area contributed by atoms with Crippen molar-refractivity contribution in [2.75, 3.05) is 22.9 Å². The maximum absolute atomic E-state index is 13.7. The largest absolute Gasteiger partial charge is 0.416 e. The minimum absolute atomic E-state index is 0.588. The van der Waals surface area contributed by atoms with Gasteiger partial charge in [0, 0.05) is 35.8 Å². The van der Waals surface area contributed by atoms with Crippen LogP contribution in [0.3, 0.4) is 0 Å². The molecule has 7 aromatic rings. The Morgan fingerprint density at radius 2 is 0.980 bits per heavy atom. The van der Waals surface area contributed by atoms with E-state index in [1.165, 1.54) is 51.0 Å². The molecule has 0 spiro atoms. The van der Waals surface area contributed by atoms with Crippen molar-refractivity contribution in [3.05, 3.63) is 156 Å². The number of alkyl halides is 3. The molecule has 2 aliphatic rings. The van der Waals surface area contributed by atoms with E-state index in [1.54, 1.807) is 6.07 Å². The minimum atomic E-state index is -4.37. The van der Waals surface area contributed by atoms with Crippen LogP contribution >= 0.6 is 0 Å². The summed E-state index contributed by atoms with van der Waals surface area (Å²) in [5.74, 6) is 0. The van der Waals surface area contributed by atoms with Crippen molar-refractivity contribution >= 4 is 44.3 Å². The van der Waals surface area contributed by atoms with Gasteiger partial charge < -0.3 is 9.80 Å². The molecule has 0 amide bonds. The summed E-state index contributed by atoms with van der Waals surface area (Å²) >= 11 is 0. The summed E-state index contributed by atoms with van der Waals surface area (Å²) in [5, 5.41) is 4.63. The molecule has 0 aromatic heterocycles. The van der Waals surface area contributed by atoms with E-state index in [1.807, 2.05) is 6.07 Å². The Morgan fingerprint density at radius 1 is 0.490 bits per heavy atom. The molecule has 0 saturated carbocycles. The quantitative estimate of drug-likeness (QED) is 0.172. The Bertz CT molecular complexity index is 2430. The summed E-state index contributed by atoms with van der Waals surface area (Å²) in [5.41, 5.74) is 11.8. The third kappa shape index (κ3) is 5.52. The number of aryl methyl sites for hydroxylation is 3. The van der Waals surface area contributed by atoms with Crippen molar-refractivity contribution in [1.29, 1.82) is 0 Å². The second kappa shape index (κ2) is 12.3. The third-order valence-electron chi connectivity index (χ3n) is 10.7. The molecule has 2 aliphatic heterocycles. The van der Waals surface area contributed by atoms with Crippen molar-refractivity contribution in [2.24, 2.45) is 0 Å². The first-order valence-corrected chi connectivity index (χ1v) is 17.8. The Morgan fingerprint density at radius 3 is 1.49 bits per heavy atom. The molecule has 0 saturated heterocycles. The van der Waals surface area contributed by atoms with Crippen LogP contribution in [-0.2, 0) is 19.0 Å². The summed E-state index contributed by atoms with van der Waals surface area (Å²) in [4.78, 5) is 4.66. The lowest BCUT2D eigenvalue weighted by atomic mass is 9.85. The average Bonchev–Trinajstić information content (AvgIpc) is 3.16. The van der Waals surface area contributed by atoms with Crippen LogP contribution in [0.25, 0.3) is 43.8 Å². The molecule has 7 aromatic carbocycles. The summed E-state index contributed by atoms with van der Waals surface area (Å²) in [6.45, 7) is 3.87. The van der Waals surface area contributed by atoms with Gasteiger partial charge in [-0.2, -0.15) is 13.2 Å². The Labute approximate surface area is 296 Å². The maximum atomic E-state index is 13.7. The summed E-state index contributed by atoms with van der Waals surface area (Å²) in [6, 6.07) is 45.8. The second-order valence-corrected chi connectivity index (χ2v) is 13.9. The molecular formula is C46H37F3N2. The molecule has 252 valence electrons. The first kappa shape index (κ1) is 31.4. The first-order chi connectivity index (χ1) is 24.8. The molecular weight excluding hydrogens is 638 g/mol. The van der Waals surface area contributed by atoms with Crippen LogP contribution in [0, 0.1) is 6.92 Å². The van der Waals surface area contributed by atoms with Crippen molar-refractivity contribution in [2.45, 2.75) is 38.8 Å². The lowest BCUT2D eigenvalue weighted by Gasteiger charge is -2.33. The lowest BCUT2D eigenvalue weighted by Crippen LogP contribution is -2.25. The molecule has 2 heterocycles. The van der Waals surface area contributed by atoms with E-state index >= 15 is 0 Å². The SMILES string of the molecule is Cc1ccc2c(c1)CCCN2c1ccc2c(-c3ccccc3)c3cc(N4CCCc5cc(C(F)(F)F)ccc54)ccc3c(-c3ccccc3)c2c1. The molecule has 5 heteroatoms. The Kier molecular flexibility index (Phi) is 7.61. The maximum Gasteiger partial charge on any atom is 0.416 e. The smallest absolute Gasteiger partial charge is 0.341 e. The number of benzene rings is 7. The zero-order valence-electron chi connectivity index (χ0n) is 28.5. The van der Waals surface area contributed by atoms with Gasteiger partial charge in [0.25, 0.3) is 0 Å². The van der Waals surface area contributed by atoms with E-state index in [2.05, 4.69) is 126 Å². The standard InChI is InChI=1S/C46H37F3N2/c1-30-16-22-42-33(26-30)14-8-24-50(42)36-18-20-38-40(28-36)44(31-10-4-2-5-11-31)39-21-19-37(29-41(39)45(38)32-12-6-3-7-13-32)51-25-9-15-34-27-35(46(47,48)49)17-23-43(34)51/h2-7,10-13,16-23,26-29H,8-9,14-15,24-25H2,1H3. The topological polar surface area (TPSA) is 6.48 Å². The minimum Gasteiger partial charge on any atom is -0.341 e. The number of nitrogens with zero attached hydrogens (tertiary/aromatic N) is 2.